The molecule has 0 saturated heterocycles. The van der Waals surface area contributed by atoms with E-state index in [1.807, 2.05) is 6.07 Å². The van der Waals surface area contributed by atoms with Crippen molar-refractivity contribution >= 4 is 21.6 Å². The van der Waals surface area contributed by atoms with Gasteiger partial charge in [-0.3, -0.25) is 10.1 Å². The first-order valence-electron chi connectivity index (χ1n) is 5.22. The second kappa shape index (κ2) is 5.50. The number of nitro benzene ring substituents is 1. The van der Waals surface area contributed by atoms with E-state index in [-0.39, 0.29) is 11.3 Å². The van der Waals surface area contributed by atoms with E-state index in [0.717, 1.165) is 4.47 Å². The van der Waals surface area contributed by atoms with Gasteiger partial charge in [-0.15, -0.1) is 0 Å². The van der Waals surface area contributed by atoms with E-state index in [1.165, 1.54) is 18.2 Å². The van der Waals surface area contributed by atoms with Crippen LogP contribution in [0.2, 0.25) is 0 Å². The Balaban J connectivity index is 2.38. The predicted octanol–water partition coefficient (Wildman–Crippen LogP) is 4.02. The first kappa shape index (κ1) is 13.1. The summed E-state index contributed by atoms with van der Waals surface area (Å²) in [5, 5.41) is 19.6. The Morgan fingerprint density at radius 2 is 2.00 bits per heavy atom. The molecule has 0 saturated carbocycles. The van der Waals surface area contributed by atoms with Crippen LogP contribution in [0, 0.1) is 21.4 Å². The maximum Gasteiger partial charge on any atom is 0.290 e. The largest absolute Gasteiger partial charge is 0.456 e. The molecular weight excluding hydrogens is 312 g/mol. The highest BCUT2D eigenvalue weighted by Gasteiger charge is 2.15. The van der Waals surface area contributed by atoms with Gasteiger partial charge in [-0.05, 0) is 40.2 Å². The van der Waals surface area contributed by atoms with Gasteiger partial charge < -0.3 is 4.74 Å². The normalized spacial score (nSPS) is 9.68. The van der Waals surface area contributed by atoms with Crippen molar-refractivity contribution in [2.24, 2.45) is 0 Å². The highest BCUT2D eigenvalue weighted by molar-refractivity contribution is 9.10. The molecule has 0 unspecified atom stereocenters. The second-order valence-corrected chi connectivity index (χ2v) is 4.43. The molecule has 0 aliphatic rings. The number of nitriles is 1. The molecule has 0 N–H and O–H groups in total. The number of rotatable bonds is 3. The third kappa shape index (κ3) is 2.89. The Labute approximate surface area is 117 Å². The van der Waals surface area contributed by atoms with Crippen LogP contribution in [0.5, 0.6) is 11.5 Å². The van der Waals surface area contributed by atoms with E-state index >= 15 is 0 Å². The lowest BCUT2D eigenvalue weighted by Gasteiger charge is -2.07. The molecule has 0 aromatic heterocycles. The quantitative estimate of drug-likeness (QED) is 0.632. The number of ether oxygens (including phenoxy) is 1. The van der Waals surface area contributed by atoms with Gasteiger partial charge in [0.05, 0.1) is 15.5 Å². The molecule has 0 spiro atoms. The van der Waals surface area contributed by atoms with Gasteiger partial charge in [-0.2, -0.15) is 5.26 Å². The average Bonchev–Trinajstić information content (AvgIpc) is 2.41. The SMILES string of the molecule is N#Cc1ccc(Oc2ccccc2Br)cc1[N+](=O)[O-]. The first-order valence-corrected chi connectivity index (χ1v) is 6.02. The van der Waals surface area contributed by atoms with E-state index in [0.29, 0.717) is 11.5 Å². The molecule has 6 heteroatoms. The zero-order chi connectivity index (χ0) is 13.8. The molecule has 5 nitrogen and oxygen atoms in total. The Morgan fingerprint density at radius 3 is 2.63 bits per heavy atom. The van der Waals surface area contributed by atoms with Crippen LogP contribution in [0.4, 0.5) is 5.69 Å². The van der Waals surface area contributed by atoms with Gasteiger partial charge >= 0.3 is 0 Å². The summed E-state index contributed by atoms with van der Waals surface area (Å²) in [6.07, 6.45) is 0. The van der Waals surface area contributed by atoms with Crippen LogP contribution in [0.15, 0.2) is 46.9 Å². The minimum Gasteiger partial charge on any atom is -0.456 e. The maximum absolute atomic E-state index is 10.8. The fourth-order valence-electron chi connectivity index (χ4n) is 1.48. The fraction of sp³-hybridized carbons (Fsp3) is 0. The fourth-order valence-corrected chi connectivity index (χ4v) is 1.84. The zero-order valence-corrected chi connectivity index (χ0v) is 11.1. The van der Waals surface area contributed by atoms with E-state index < -0.39 is 4.92 Å². The van der Waals surface area contributed by atoms with Crippen molar-refractivity contribution in [3.8, 4) is 17.6 Å². The number of benzene rings is 2. The summed E-state index contributed by atoms with van der Waals surface area (Å²) in [4.78, 5) is 10.2. The topological polar surface area (TPSA) is 76.2 Å². The number of hydrogen-bond acceptors (Lipinski definition) is 4. The molecule has 0 atom stereocenters. The van der Waals surface area contributed by atoms with Crippen LogP contribution in [-0.2, 0) is 0 Å². The second-order valence-electron chi connectivity index (χ2n) is 3.58. The Bertz CT molecular complexity index is 680. The van der Waals surface area contributed by atoms with E-state index in [2.05, 4.69) is 15.9 Å². The van der Waals surface area contributed by atoms with Crippen LogP contribution in [0.3, 0.4) is 0 Å². The molecule has 2 aromatic rings. The molecule has 0 radical (unpaired) electrons. The first-order chi connectivity index (χ1) is 9.11. The van der Waals surface area contributed by atoms with Crippen LogP contribution in [0.1, 0.15) is 5.56 Å². The summed E-state index contributed by atoms with van der Waals surface area (Å²) in [6.45, 7) is 0. The highest BCUT2D eigenvalue weighted by Crippen LogP contribution is 2.31. The third-order valence-electron chi connectivity index (χ3n) is 2.35. The van der Waals surface area contributed by atoms with Crippen molar-refractivity contribution in [3.63, 3.8) is 0 Å². The number of nitro groups is 1. The van der Waals surface area contributed by atoms with Crippen LogP contribution < -0.4 is 4.74 Å². The number of para-hydroxylation sites is 1. The van der Waals surface area contributed by atoms with Gasteiger partial charge in [0.1, 0.15) is 23.1 Å². The monoisotopic (exact) mass is 318 g/mol. The van der Waals surface area contributed by atoms with Crippen molar-refractivity contribution in [1.82, 2.24) is 0 Å². The molecule has 0 aliphatic carbocycles. The molecule has 0 fully saturated rings. The third-order valence-corrected chi connectivity index (χ3v) is 3.01. The minimum atomic E-state index is -0.606. The highest BCUT2D eigenvalue weighted by atomic mass is 79.9. The maximum atomic E-state index is 10.8. The molecule has 0 heterocycles. The molecule has 2 rings (SSSR count). The van der Waals surface area contributed by atoms with Gasteiger partial charge in [-0.1, -0.05) is 12.1 Å². The summed E-state index contributed by atoms with van der Waals surface area (Å²) in [7, 11) is 0. The summed E-state index contributed by atoms with van der Waals surface area (Å²) in [5.41, 5.74) is -0.267. The molecule has 94 valence electrons. The van der Waals surface area contributed by atoms with Crippen LogP contribution >= 0.6 is 15.9 Å². The van der Waals surface area contributed by atoms with Gasteiger partial charge in [0, 0.05) is 0 Å². The standard InChI is InChI=1S/C13H7BrN2O3/c14-11-3-1-2-4-13(11)19-10-6-5-9(8-15)12(7-10)16(17)18/h1-7H. The van der Waals surface area contributed by atoms with Crippen LogP contribution in [-0.4, -0.2) is 4.92 Å². The predicted molar refractivity (Wildman–Crippen MR) is 72.0 cm³/mol. The lowest BCUT2D eigenvalue weighted by Crippen LogP contribution is -1.93. The van der Waals surface area contributed by atoms with Gasteiger partial charge in [0.25, 0.3) is 5.69 Å². The van der Waals surface area contributed by atoms with Crippen molar-refractivity contribution in [1.29, 1.82) is 5.26 Å². The lowest BCUT2D eigenvalue weighted by atomic mass is 10.2. The van der Waals surface area contributed by atoms with Crippen molar-refractivity contribution in [3.05, 3.63) is 62.6 Å². The van der Waals surface area contributed by atoms with E-state index in [4.69, 9.17) is 10.00 Å². The Morgan fingerprint density at radius 1 is 1.26 bits per heavy atom. The molecular formula is C13H7BrN2O3. The summed E-state index contributed by atoms with van der Waals surface area (Å²) in [5.74, 6) is 0.846. The number of nitrogens with zero attached hydrogens (tertiary/aromatic N) is 2. The van der Waals surface area contributed by atoms with Gasteiger partial charge in [-0.25, -0.2) is 0 Å². The molecule has 0 amide bonds. The van der Waals surface area contributed by atoms with Crippen molar-refractivity contribution < 1.29 is 9.66 Å². The van der Waals surface area contributed by atoms with E-state index in [1.54, 1.807) is 24.3 Å². The van der Waals surface area contributed by atoms with Gasteiger partial charge in [0.2, 0.25) is 0 Å². The Hall–Kier alpha value is -2.39. The lowest BCUT2D eigenvalue weighted by molar-refractivity contribution is -0.385. The number of hydrogen-bond donors (Lipinski definition) is 0. The molecule has 0 bridgehead atoms. The summed E-state index contributed by atoms with van der Waals surface area (Å²) in [6, 6.07) is 13.0. The zero-order valence-electron chi connectivity index (χ0n) is 9.54. The summed E-state index contributed by atoms with van der Waals surface area (Å²) >= 11 is 3.32. The van der Waals surface area contributed by atoms with Crippen molar-refractivity contribution in [2.75, 3.05) is 0 Å². The molecule has 2 aromatic carbocycles. The molecule has 0 aliphatic heterocycles. The van der Waals surface area contributed by atoms with E-state index in [9.17, 15) is 10.1 Å². The molecule has 19 heavy (non-hydrogen) atoms. The smallest absolute Gasteiger partial charge is 0.290 e. The summed E-state index contributed by atoms with van der Waals surface area (Å²) < 4.78 is 6.28. The van der Waals surface area contributed by atoms with Crippen LogP contribution in [0.25, 0.3) is 0 Å². The van der Waals surface area contributed by atoms with Crippen molar-refractivity contribution in [2.45, 2.75) is 0 Å². The Kier molecular flexibility index (Phi) is 3.78. The average molecular weight is 319 g/mol. The number of halogens is 1. The minimum absolute atomic E-state index is 0.00415. The van der Waals surface area contributed by atoms with Gasteiger partial charge in [0.15, 0.2) is 0 Å².